The van der Waals surface area contributed by atoms with Crippen molar-refractivity contribution in [1.29, 1.82) is 0 Å². The summed E-state index contributed by atoms with van der Waals surface area (Å²) in [5.74, 6) is 0. The van der Waals surface area contributed by atoms with Gasteiger partial charge in [0, 0.05) is 18.0 Å². The summed E-state index contributed by atoms with van der Waals surface area (Å²) in [6, 6.07) is 5.08. The van der Waals surface area contributed by atoms with E-state index in [4.69, 9.17) is 18.0 Å². The zero-order valence-electron chi connectivity index (χ0n) is 9.83. The second-order valence-corrected chi connectivity index (χ2v) is 4.35. The standard InChI is InChI=1S/C12H12N4OS/c1-8-4-11(17)16(7-15-8)6-9-2-3-14-10(5-9)12(13)18/h2-5,7H,6H2,1H3,(H2,13,18). The molecule has 0 spiro atoms. The van der Waals surface area contributed by atoms with E-state index >= 15 is 0 Å². The Balaban J connectivity index is 2.31. The van der Waals surface area contributed by atoms with Crippen LogP contribution in [0.25, 0.3) is 0 Å². The Morgan fingerprint density at radius 3 is 2.89 bits per heavy atom. The van der Waals surface area contributed by atoms with E-state index in [-0.39, 0.29) is 10.5 Å². The molecule has 0 aliphatic heterocycles. The van der Waals surface area contributed by atoms with Crippen molar-refractivity contribution in [1.82, 2.24) is 14.5 Å². The molecule has 0 fully saturated rings. The molecule has 2 heterocycles. The minimum atomic E-state index is -0.0869. The molecule has 2 rings (SSSR count). The Morgan fingerprint density at radius 1 is 1.44 bits per heavy atom. The van der Waals surface area contributed by atoms with Gasteiger partial charge >= 0.3 is 0 Å². The first-order chi connectivity index (χ1) is 8.56. The number of aryl methyl sites for hydroxylation is 1. The predicted octanol–water partition coefficient (Wildman–Crippen LogP) is 0.629. The van der Waals surface area contributed by atoms with Crippen LogP contribution in [0.1, 0.15) is 17.0 Å². The fraction of sp³-hybridized carbons (Fsp3) is 0.167. The van der Waals surface area contributed by atoms with Gasteiger partial charge in [-0.3, -0.25) is 14.3 Å². The van der Waals surface area contributed by atoms with E-state index in [2.05, 4.69) is 9.97 Å². The first-order valence-corrected chi connectivity index (χ1v) is 5.75. The summed E-state index contributed by atoms with van der Waals surface area (Å²) < 4.78 is 1.52. The summed E-state index contributed by atoms with van der Waals surface area (Å²) in [4.78, 5) is 20.1. The number of rotatable bonds is 3. The highest BCUT2D eigenvalue weighted by molar-refractivity contribution is 7.80. The van der Waals surface area contributed by atoms with E-state index in [9.17, 15) is 4.79 Å². The predicted molar refractivity (Wildman–Crippen MR) is 72.5 cm³/mol. The van der Waals surface area contributed by atoms with Crippen molar-refractivity contribution in [2.75, 3.05) is 0 Å². The van der Waals surface area contributed by atoms with Crippen LogP contribution in [0.4, 0.5) is 0 Å². The molecule has 2 aromatic heterocycles. The second-order valence-electron chi connectivity index (χ2n) is 3.91. The Labute approximate surface area is 109 Å². The Hall–Kier alpha value is -2.08. The molecule has 0 saturated carbocycles. The molecule has 0 radical (unpaired) electrons. The summed E-state index contributed by atoms with van der Waals surface area (Å²) in [6.45, 7) is 2.20. The SMILES string of the molecule is Cc1cc(=O)n(Cc2ccnc(C(N)=S)c2)cn1. The molecule has 18 heavy (non-hydrogen) atoms. The molecule has 6 heteroatoms. The average molecular weight is 260 g/mol. The molecule has 0 atom stereocenters. The molecule has 92 valence electrons. The lowest BCUT2D eigenvalue weighted by Gasteiger charge is -2.06. The highest BCUT2D eigenvalue weighted by Gasteiger charge is 2.02. The van der Waals surface area contributed by atoms with Crippen molar-refractivity contribution < 1.29 is 0 Å². The summed E-state index contributed by atoms with van der Waals surface area (Å²) >= 11 is 4.86. The highest BCUT2D eigenvalue weighted by Crippen LogP contribution is 2.03. The van der Waals surface area contributed by atoms with Crippen LogP contribution in [0.5, 0.6) is 0 Å². The van der Waals surface area contributed by atoms with Gasteiger partial charge in [0.2, 0.25) is 0 Å². The molecular weight excluding hydrogens is 248 g/mol. The summed E-state index contributed by atoms with van der Waals surface area (Å²) in [7, 11) is 0. The first kappa shape index (κ1) is 12.4. The van der Waals surface area contributed by atoms with Crippen molar-refractivity contribution in [3.8, 4) is 0 Å². The number of pyridine rings is 1. The molecular formula is C12H12N4OS. The van der Waals surface area contributed by atoms with Gasteiger partial charge in [0.15, 0.2) is 0 Å². The smallest absolute Gasteiger partial charge is 0.253 e. The average Bonchev–Trinajstić information content (AvgIpc) is 2.33. The van der Waals surface area contributed by atoms with Gasteiger partial charge in [-0.15, -0.1) is 0 Å². The molecule has 0 saturated heterocycles. The third kappa shape index (κ3) is 2.78. The summed E-state index contributed by atoms with van der Waals surface area (Å²) in [5.41, 5.74) is 7.59. The van der Waals surface area contributed by atoms with Crippen molar-refractivity contribution in [2.24, 2.45) is 5.73 Å². The van der Waals surface area contributed by atoms with Crippen LogP contribution in [0, 0.1) is 6.92 Å². The number of aromatic nitrogens is 3. The van der Waals surface area contributed by atoms with Crippen LogP contribution in [0.2, 0.25) is 0 Å². The van der Waals surface area contributed by atoms with Crippen molar-refractivity contribution in [2.45, 2.75) is 13.5 Å². The van der Waals surface area contributed by atoms with Gasteiger partial charge in [0.05, 0.1) is 18.6 Å². The number of nitrogens with zero attached hydrogens (tertiary/aromatic N) is 3. The van der Waals surface area contributed by atoms with Crippen LogP contribution in [-0.4, -0.2) is 19.5 Å². The maximum absolute atomic E-state index is 11.7. The van der Waals surface area contributed by atoms with Gasteiger partial charge in [0.1, 0.15) is 4.99 Å². The Bertz CT molecular complexity index is 651. The first-order valence-electron chi connectivity index (χ1n) is 5.34. The largest absolute Gasteiger partial charge is 0.388 e. The van der Waals surface area contributed by atoms with E-state index in [0.29, 0.717) is 17.9 Å². The van der Waals surface area contributed by atoms with Gasteiger partial charge in [-0.1, -0.05) is 12.2 Å². The molecule has 0 aromatic carbocycles. The Morgan fingerprint density at radius 2 is 2.22 bits per heavy atom. The molecule has 0 amide bonds. The zero-order valence-corrected chi connectivity index (χ0v) is 10.6. The van der Waals surface area contributed by atoms with E-state index in [1.807, 2.05) is 6.07 Å². The van der Waals surface area contributed by atoms with E-state index < -0.39 is 0 Å². The minimum absolute atomic E-state index is 0.0869. The molecule has 2 N–H and O–H groups in total. The van der Waals surface area contributed by atoms with Gasteiger partial charge in [0.25, 0.3) is 5.56 Å². The van der Waals surface area contributed by atoms with Crippen LogP contribution < -0.4 is 11.3 Å². The minimum Gasteiger partial charge on any atom is -0.388 e. The van der Waals surface area contributed by atoms with Crippen molar-refractivity contribution in [3.63, 3.8) is 0 Å². The topological polar surface area (TPSA) is 73.8 Å². The lowest BCUT2D eigenvalue weighted by atomic mass is 10.2. The third-order valence-corrected chi connectivity index (χ3v) is 2.66. The van der Waals surface area contributed by atoms with E-state index in [1.165, 1.54) is 17.0 Å². The van der Waals surface area contributed by atoms with Gasteiger partial charge < -0.3 is 5.73 Å². The van der Waals surface area contributed by atoms with Gasteiger partial charge in [-0.2, -0.15) is 0 Å². The monoisotopic (exact) mass is 260 g/mol. The maximum atomic E-state index is 11.7. The van der Waals surface area contributed by atoms with Gasteiger partial charge in [-0.05, 0) is 24.6 Å². The maximum Gasteiger partial charge on any atom is 0.253 e. The van der Waals surface area contributed by atoms with Crippen molar-refractivity contribution >= 4 is 17.2 Å². The molecule has 0 aliphatic carbocycles. The second kappa shape index (κ2) is 5.05. The van der Waals surface area contributed by atoms with E-state index in [0.717, 1.165) is 5.56 Å². The fourth-order valence-corrected chi connectivity index (χ4v) is 1.65. The number of hydrogen-bond acceptors (Lipinski definition) is 4. The quantitative estimate of drug-likeness (QED) is 0.819. The summed E-state index contributed by atoms with van der Waals surface area (Å²) in [6.07, 6.45) is 3.15. The fourth-order valence-electron chi connectivity index (χ4n) is 1.54. The van der Waals surface area contributed by atoms with Gasteiger partial charge in [-0.25, -0.2) is 4.98 Å². The zero-order chi connectivity index (χ0) is 13.1. The lowest BCUT2D eigenvalue weighted by molar-refractivity contribution is 0.729. The molecule has 5 nitrogen and oxygen atoms in total. The third-order valence-electron chi connectivity index (χ3n) is 2.45. The number of thiocarbonyl (C=S) groups is 1. The number of nitrogens with two attached hydrogens (primary N) is 1. The van der Waals surface area contributed by atoms with Crippen LogP contribution in [0.3, 0.4) is 0 Å². The van der Waals surface area contributed by atoms with E-state index in [1.54, 1.807) is 19.2 Å². The molecule has 0 aliphatic rings. The van der Waals surface area contributed by atoms with Crippen LogP contribution in [-0.2, 0) is 6.54 Å². The normalized spacial score (nSPS) is 10.3. The summed E-state index contributed by atoms with van der Waals surface area (Å²) in [5, 5.41) is 0. The van der Waals surface area contributed by atoms with Crippen molar-refractivity contribution in [3.05, 3.63) is 58.0 Å². The Kier molecular flexibility index (Phi) is 3.47. The molecule has 2 aromatic rings. The van der Waals surface area contributed by atoms with Crippen LogP contribution >= 0.6 is 12.2 Å². The molecule has 0 bridgehead atoms. The number of hydrogen-bond donors (Lipinski definition) is 1. The van der Waals surface area contributed by atoms with Crippen LogP contribution in [0.15, 0.2) is 35.5 Å². The highest BCUT2D eigenvalue weighted by atomic mass is 32.1. The lowest BCUT2D eigenvalue weighted by Crippen LogP contribution is -2.21. The molecule has 0 unspecified atom stereocenters.